The highest BCUT2D eigenvalue weighted by molar-refractivity contribution is 5.96. The van der Waals surface area contributed by atoms with Crippen molar-refractivity contribution in [3.63, 3.8) is 0 Å². The number of rotatable bonds is 7. The maximum absolute atomic E-state index is 13.5. The zero-order valence-electron chi connectivity index (χ0n) is 19.5. The summed E-state index contributed by atoms with van der Waals surface area (Å²) in [5.41, 5.74) is 8.49. The lowest BCUT2D eigenvalue weighted by molar-refractivity contribution is -0.134. The third-order valence-corrected chi connectivity index (χ3v) is 4.34. The molecule has 3 aromatic rings. The lowest BCUT2D eigenvalue weighted by Gasteiger charge is -2.16. The molecule has 3 rings (SSSR count). The molecule has 0 saturated carbocycles. The summed E-state index contributed by atoms with van der Waals surface area (Å²) in [5, 5.41) is 6.08. The van der Waals surface area contributed by atoms with E-state index in [0.717, 1.165) is 10.9 Å². The van der Waals surface area contributed by atoms with Gasteiger partial charge in [-0.25, -0.2) is 23.1 Å². The number of nitrogens with zero attached hydrogens (tertiary/aromatic N) is 2. The summed E-state index contributed by atoms with van der Waals surface area (Å²) in [6.45, 7) is 8.42. The van der Waals surface area contributed by atoms with Gasteiger partial charge in [0.1, 0.15) is 12.1 Å². The molecule has 0 aliphatic heterocycles. The van der Waals surface area contributed by atoms with Crippen molar-refractivity contribution in [3.05, 3.63) is 66.5 Å². The summed E-state index contributed by atoms with van der Waals surface area (Å²) in [5.74, 6) is -4.60. The zero-order valence-corrected chi connectivity index (χ0v) is 19.5. The number of nitrogens with one attached hydrogen (secondary N) is 2. The van der Waals surface area contributed by atoms with Gasteiger partial charge in [0.05, 0.1) is 12.7 Å². The van der Waals surface area contributed by atoms with E-state index in [9.17, 15) is 22.4 Å². The van der Waals surface area contributed by atoms with E-state index < -0.39 is 18.0 Å². The molecule has 2 aromatic carbocycles. The van der Waals surface area contributed by atoms with Gasteiger partial charge in [-0.2, -0.15) is 0 Å². The van der Waals surface area contributed by atoms with Crippen LogP contribution in [0.2, 0.25) is 0 Å². The van der Waals surface area contributed by atoms with E-state index in [2.05, 4.69) is 27.2 Å². The molecule has 1 atom stereocenters. The third kappa shape index (κ3) is 7.43. The zero-order chi connectivity index (χ0) is 25.9. The van der Waals surface area contributed by atoms with Crippen LogP contribution in [0.5, 0.6) is 0 Å². The van der Waals surface area contributed by atoms with Gasteiger partial charge in [-0.05, 0) is 23.8 Å². The quantitative estimate of drug-likeness (QED) is 0.377. The number of halogens is 4. The molecule has 10 heteroatoms. The first-order chi connectivity index (χ1) is 16.2. The lowest BCUT2D eigenvalue weighted by Crippen LogP contribution is -2.37. The van der Waals surface area contributed by atoms with E-state index in [1.807, 2.05) is 32.0 Å². The second kappa shape index (κ2) is 13.1. The van der Waals surface area contributed by atoms with Gasteiger partial charge in [0, 0.05) is 35.8 Å². The van der Waals surface area contributed by atoms with Gasteiger partial charge in [0.25, 0.3) is 11.8 Å². The predicted octanol–water partition coefficient (Wildman–Crippen LogP) is 5.72. The highest BCUT2D eigenvalue weighted by Gasteiger charge is 2.40. The average molecular weight is 480 g/mol. The molecule has 0 fully saturated rings. The normalized spacial score (nSPS) is 11.3. The molecule has 0 radical (unpaired) electrons. The second-order valence-corrected chi connectivity index (χ2v) is 6.81. The van der Waals surface area contributed by atoms with Crippen LogP contribution in [0, 0.1) is 0 Å². The molecule has 4 N–H and O–H groups in total. The number of para-hydroxylation sites is 1. The minimum absolute atomic E-state index is 0.209. The monoisotopic (exact) mass is 479 g/mol. The number of carbonyl (C=O) groups is 1. The molecule has 1 amide bonds. The van der Waals surface area contributed by atoms with Gasteiger partial charge in [-0.3, -0.25) is 9.18 Å². The summed E-state index contributed by atoms with van der Waals surface area (Å²) < 4.78 is 49.0. The van der Waals surface area contributed by atoms with Crippen molar-refractivity contribution < 1.29 is 22.4 Å². The van der Waals surface area contributed by atoms with Crippen LogP contribution in [0.4, 0.5) is 29.1 Å². The predicted molar refractivity (Wildman–Crippen MR) is 129 cm³/mol. The van der Waals surface area contributed by atoms with Crippen LogP contribution in [0.1, 0.15) is 31.9 Å². The van der Waals surface area contributed by atoms with Gasteiger partial charge in [0.15, 0.2) is 0 Å². The third-order valence-electron chi connectivity index (χ3n) is 4.34. The van der Waals surface area contributed by atoms with Gasteiger partial charge >= 0.3 is 0 Å². The van der Waals surface area contributed by atoms with Crippen LogP contribution < -0.4 is 16.4 Å². The van der Waals surface area contributed by atoms with Gasteiger partial charge in [-0.15, -0.1) is 0 Å². The molecular weight excluding hydrogens is 450 g/mol. The van der Waals surface area contributed by atoms with Crippen molar-refractivity contribution in [2.75, 3.05) is 17.8 Å². The number of aromatic nitrogens is 2. The Balaban J connectivity index is 0.00000137. The fraction of sp³-hybridized carbons (Fsp3) is 0.292. The van der Waals surface area contributed by atoms with Gasteiger partial charge < -0.3 is 16.4 Å². The number of carbonyl (C=O) groups excluding carboxylic acids is 1. The summed E-state index contributed by atoms with van der Waals surface area (Å²) >= 11 is 0. The van der Waals surface area contributed by atoms with Gasteiger partial charge in [0.2, 0.25) is 6.17 Å². The number of alkyl halides is 4. The number of fused-ring (bicyclic) bond motifs is 1. The van der Waals surface area contributed by atoms with E-state index in [1.54, 1.807) is 18.2 Å². The van der Waals surface area contributed by atoms with E-state index >= 15 is 0 Å². The number of anilines is 2. The van der Waals surface area contributed by atoms with Crippen molar-refractivity contribution >= 4 is 34.0 Å². The van der Waals surface area contributed by atoms with E-state index in [-0.39, 0.29) is 5.69 Å². The lowest BCUT2D eigenvalue weighted by atomic mass is 10.1. The van der Waals surface area contributed by atoms with Crippen LogP contribution in [0.25, 0.3) is 16.6 Å². The first-order valence-corrected chi connectivity index (χ1v) is 10.4. The van der Waals surface area contributed by atoms with Crippen LogP contribution in [-0.4, -0.2) is 35.1 Å². The Hall–Kier alpha value is -3.69. The average Bonchev–Trinajstić information content (AvgIpc) is 2.83. The molecule has 184 valence electrons. The molecule has 6 nitrogen and oxygen atoms in total. The summed E-state index contributed by atoms with van der Waals surface area (Å²) in [7, 11) is 0.500. The number of hydrogen-bond acceptors (Lipinski definition) is 5. The number of benzene rings is 2. The first kappa shape index (κ1) is 28.3. The van der Waals surface area contributed by atoms with Crippen LogP contribution in [0.15, 0.2) is 55.4 Å². The van der Waals surface area contributed by atoms with Crippen molar-refractivity contribution in [3.8, 4) is 0 Å². The minimum atomic E-state index is -3.76. The van der Waals surface area contributed by atoms with Crippen LogP contribution in [-0.2, 0) is 11.3 Å². The van der Waals surface area contributed by atoms with Crippen LogP contribution >= 0.6 is 0 Å². The second-order valence-electron chi connectivity index (χ2n) is 6.81. The maximum atomic E-state index is 13.5. The van der Waals surface area contributed by atoms with E-state index in [1.165, 1.54) is 12.4 Å². The Morgan fingerprint density at radius 3 is 2.41 bits per heavy atom. The van der Waals surface area contributed by atoms with Crippen molar-refractivity contribution in [2.45, 2.75) is 39.4 Å². The topological polar surface area (TPSA) is 92.9 Å². The van der Waals surface area contributed by atoms with E-state index in [0.29, 0.717) is 43.2 Å². The first-order valence-electron chi connectivity index (χ1n) is 10.4. The SMILES string of the molecule is C=C(N)c1cccc2c(NCc3cccc(NC(=O)C(F)C(C)(F)F)c3)ncnc12.CC.CF. The van der Waals surface area contributed by atoms with Crippen molar-refractivity contribution in [2.24, 2.45) is 5.73 Å². The number of nitrogens with two attached hydrogens (primary N) is 1. The number of hydrogen-bond donors (Lipinski definition) is 3. The summed E-state index contributed by atoms with van der Waals surface area (Å²) in [4.78, 5) is 20.2. The highest BCUT2D eigenvalue weighted by atomic mass is 19.3. The minimum Gasteiger partial charge on any atom is -0.399 e. The molecule has 1 unspecified atom stereocenters. The van der Waals surface area contributed by atoms with E-state index in [4.69, 9.17) is 5.73 Å². The van der Waals surface area contributed by atoms with Gasteiger partial charge in [-0.1, -0.05) is 44.7 Å². The molecule has 1 aromatic heterocycles. The molecule has 0 saturated heterocycles. The maximum Gasteiger partial charge on any atom is 0.285 e. The Kier molecular flexibility index (Phi) is 10.9. The Labute approximate surface area is 196 Å². The Bertz CT molecular complexity index is 1100. The molecule has 0 aliphatic rings. The largest absolute Gasteiger partial charge is 0.399 e. The molecular formula is C24H29F4N5O. The fourth-order valence-electron chi connectivity index (χ4n) is 2.87. The molecule has 0 bridgehead atoms. The fourth-order valence-corrected chi connectivity index (χ4v) is 2.87. The standard InChI is InChI=1S/C21H20F3N5O.C2H6.CH3F/c1-12(25)15-7-4-8-16-17(15)27-11-28-19(16)26-10-13-5-3-6-14(9-13)29-20(30)18(22)21(2,23)24;2*1-2/h3-9,11,18H,1,10,25H2,2H3,(H,29,30)(H,26,27,28);1-2H3;1H3. The van der Waals surface area contributed by atoms with Crippen LogP contribution in [0.3, 0.4) is 0 Å². The Morgan fingerprint density at radius 1 is 1.15 bits per heavy atom. The Morgan fingerprint density at radius 2 is 1.79 bits per heavy atom. The van der Waals surface area contributed by atoms with Crippen molar-refractivity contribution in [1.29, 1.82) is 0 Å². The highest BCUT2D eigenvalue weighted by Crippen LogP contribution is 2.25. The summed E-state index contributed by atoms with van der Waals surface area (Å²) in [6, 6.07) is 11.9. The summed E-state index contributed by atoms with van der Waals surface area (Å²) in [6.07, 6.45) is -1.53. The molecule has 0 spiro atoms. The number of amides is 1. The van der Waals surface area contributed by atoms with Crippen molar-refractivity contribution in [1.82, 2.24) is 9.97 Å². The smallest absolute Gasteiger partial charge is 0.285 e. The molecule has 0 aliphatic carbocycles. The molecule has 1 heterocycles. The molecule has 34 heavy (non-hydrogen) atoms.